The minimum atomic E-state index is -1.33. The Morgan fingerprint density at radius 2 is 1.96 bits per heavy atom. The topological polar surface area (TPSA) is 99.8 Å². The minimum absolute atomic E-state index is 0.0439. The molecule has 0 radical (unpaired) electrons. The standard InChI is InChI=1S/C15H12F2N4O3/c16-9-3-8(4-10(17)6-9)5-11(20-15(23)24)12-7-14(22)21-13(19-12)1-2-18-21/h1-4,6-7,11,20,22H,5H2,(H,23,24). The number of rotatable bonds is 4. The van der Waals surface area contributed by atoms with E-state index >= 15 is 0 Å². The molecule has 0 saturated carbocycles. The van der Waals surface area contributed by atoms with Gasteiger partial charge in [0.05, 0.1) is 17.9 Å². The van der Waals surface area contributed by atoms with Crippen molar-refractivity contribution in [2.45, 2.75) is 12.5 Å². The monoisotopic (exact) mass is 334 g/mol. The zero-order valence-electron chi connectivity index (χ0n) is 12.1. The van der Waals surface area contributed by atoms with Crippen molar-refractivity contribution in [2.24, 2.45) is 0 Å². The summed E-state index contributed by atoms with van der Waals surface area (Å²) in [4.78, 5) is 15.3. The summed E-state index contributed by atoms with van der Waals surface area (Å²) in [6.45, 7) is 0. The van der Waals surface area contributed by atoms with E-state index in [0.717, 1.165) is 18.2 Å². The van der Waals surface area contributed by atoms with Gasteiger partial charge in [-0.1, -0.05) is 0 Å². The molecule has 1 aromatic carbocycles. The molecule has 7 nitrogen and oxygen atoms in total. The molecule has 1 amide bonds. The molecule has 2 heterocycles. The highest BCUT2D eigenvalue weighted by Crippen LogP contribution is 2.22. The molecule has 3 rings (SSSR count). The number of nitrogens with zero attached hydrogens (tertiary/aromatic N) is 3. The summed E-state index contributed by atoms with van der Waals surface area (Å²) in [5.74, 6) is -1.76. The number of carbonyl (C=O) groups is 1. The molecule has 0 aliphatic heterocycles. The summed E-state index contributed by atoms with van der Waals surface area (Å²) in [6, 6.07) is 4.81. The first-order valence-corrected chi connectivity index (χ1v) is 6.90. The highest BCUT2D eigenvalue weighted by molar-refractivity contribution is 5.65. The number of aromatic nitrogens is 3. The van der Waals surface area contributed by atoms with Crippen LogP contribution in [0.3, 0.4) is 0 Å². The van der Waals surface area contributed by atoms with E-state index in [1.165, 1.54) is 22.8 Å². The van der Waals surface area contributed by atoms with Crippen LogP contribution in [0.15, 0.2) is 36.5 Å². The summed E-state index contributed by atoms with van der Waals surface area (Å²) >= 11 is 0. The maximum absolute atomic E-state index is 13.3. The van der Waals surface area contributed by atoms with E-state index in [9.17, 15) is 18.7 Å². The zero-order chi connectivity index (χ0) is 17.3. The fourth-order valence-electron chi connectivity index (χ4n) is 2.44. The third-order valence-corrected chi connectivity index (χ3v) is 3.38. The van der Waals surface area contributed by atoms with Gasteiger partial charge < -0.3 is 15.5 Å². The molecule has 0 aliphatic rings. The maximum Gasteiger partial charge on any atom is 0.405 e. The number of hydrogen-bond donors (Lipinski definition) is 3. The Morgan fingerprint density at radius 1 is 1.25 bits per heavy atom. The van der Waals surface area contributed by atoms with Crippen LogP contribution in [0.1, 0.15) is 17.3 Å². The van der Waals surface area contributed by atoms with E-state index in [1.54, 1.807) is 0 Å². The second-order valence-corrected chi connectivity index (χ2v) is 5.12. The van der Waals surface area contributed by atoms with Crippen molar-refractivity contribution in [3.63, 3.8) is 0 Å². The van der Waals surface area contributed by atoms with Crippen molar-refractivity contribution in [3.05, 3.63) is 59.4 Å². The molecule has 1 atom stereocenters. The highest BCUT2D eigenvalue weighted by Gasteiger charge is 2.19. The summed E-state index contributed by atoms with van der Waals surface area (Å²) in [5.41, 5.74) is 0.765. The lowest BCUT2D eigenvalue weighted by atomic mass is 10.0. The van der Waals surface area contributed by atoms with E-state index in [-0.39, 0.29) is 23.6 Å². The molecule has 24 heavy (non-hydrogen) atoms. The number of amides is 1. The molecule has 0 aliphatic carbocycles. The van der Waals surface area contributed by atoms with Gasteiger partial charge in [0.15, 0.2) is 5.65 Å². The van der Waals surface area contributed by atoms with Crippen LogP contribution in [0, 0.1) is 11.6 Å². The van der Waals surface area contributed by atoms with Crippen LogP contribution in [-0.4, -0.2) is 30.9 Å². The first kappa shape index (κ1) is 15.7. The van der Waals surface area contributed by atoms with Gasteiger partial charge in [0, 0.05) is 18.2 Å². The van der Waals surface area contributed by atoms with Gasteiger partial charge in [0.2, 0.25) is 5.88 Å². The molecule has 9 heteroatoms. The second-order valence-electron chi connectivity index (χ2n) is 5.12. The number of hydrogen-bond acceptors (Lipinski definition) is 4. The van der Waals surface area contributed by atoms with Crippen molar-refractivity contribution >= 4 is 11.7 Å². The van der Waals surface area contributed by atoms with Crippen LogP contribution in [0.25, 0.3) is 5.65 Å². The van der Waals surface area contributed by atoms with Gasteiger partial charge in [-0.15, -0.1) is 0 Å². The number of nitrogens with one attached hydrogen (secondary N) is 1. The lowest BCUT2D eigenvalue weighted by Crippen LogP contribution is -2.29. The molecule has 2 aromatic heterocycles. The average Bonchev–Trinajstić information content (AvgIpc) is 2.94. The molecule has 0 bridgehead atoms. The number of carboxylic acid groups (broad SMARTS) is 1. The van der Waals surface area contributed by atoms with Crippen molar-refractivity contribution in [1.29, 1.82) is 0 Å². The predicted molar refractivity (Wildman–Crippen MR) is 78.6 cm³/mol. The van der Waals surface area contributed by atoms with Crippen LogP contribution >= 0.6 is 0 Å². The summed E-state index contributed by atoms with van der Waals surface area (Å²) in [5, 5.41) is 25.0. The summed E-state index contributed by atoms with van der Waals surface area (Å²) in [6.07, 6.45) is 0.0528. The quantitative estimate of drug-likeness (QED) is 0.680. The number of benzene rings is 1. The van der Waals surface area contributed by atoms with Gasteiger partial charge >= 0.3 is 6.09 Å². The fraction of sp³-hybridized carbons (Fsp3) is 0.133. The van der Waals surface area contributed by atoms with Gasteiger partial charge in [-0.2, -0.15) is 9.61 Å². The third-order valence-electron chi connectivity index (χ3n) is 3.38. The van der Waals surface area contributed by atoms with E-state index in [2.05, 4.69) is 15.4 Å². The van der Waals surface area contributed by atoms with E-state index in [4.69, 9.17) is 5.11 Å². The Bertz CT molecular complexity index is 893. The second kappa shape index (κ2) is 6.11. The molecule has 0 spiro atoms. The molecule has 0 saturated heterocycles. The van der Waals surface area contributed by atoms with Crippen molar-refractivity contribution in [2.75, 3.05) is 0 Å². The highest BCUT2D eigenvalue weighted by atomic mass is 19.1. The van der Waals surface area contributed by atoms with Gasteiger partial charge in [-0.05, 0) is 24.1 Å². The van der Waals surface area contributed by atoms with Crippen molar-refractivity contribution in [3.8, 4) is 5.88 Å². The first-order valence-electron chi connectivity index (χ1n) is 6.90. The van der Waals surface area contributed by atoms with Gasteiger partial charge in [0.25, 0.3) is 0 Å². The van der Waals surface area contributed by atoms with E-state index in [0.29, 0.717) is 5.65 Å². The fourth-order valence-corrected chi connectivity index (χ4v) is 2.44. The minimum Gasteiger partial charge on any atom is -0.493 e. The zero-order valence-corrected chi connectivity index (χ0v) is 12.1. The normalized spacial score (nSPS) is 12.2. The summed E-state index contributed by atoms with van der Waals surface area (Å²) in [7, 11) is 0. The molecular formula is C15H12F2N4O3. The molecule has 1 unspecified atom stereocenters. The van der Waals surface area contributed by atoms with Crippen LogP contribution in [0.2, 0.25) is 0 Å². The van der Waals surface area contributed by atoms with Crippen molar-refractivity contribution in [1.82, 2.24) is 19.9 Å². The average molecular weight is 334 g/mol. The lowest BCUT2D eigenvalue weighted by Gasteiger charge is -2.17. The molecule has 0 fully saturated rings. The van der Waals surface area contributed by atoms with Crippen LogP contribution in [0.4, 0.5) is 13.6 Å². The Morgan fingerprint density at radius 3 is 2.62 bits per heavy atom. The predicted octanol–water partition coefficient (Wildman–Crippen LogP) is 2.26. The van der Waals surface area contributed by atoms with E-state index < -0.39 is 23.8 Å². The van der Waals surface area contributed by atoms with E-state index in [1.807, 2.05) is 0 Å². The van der Waals surface area contributed by atoms with Gasteiger partial charge in [-0.25, -0.2) is 18.6 Å². The summed E-state index contributed by atoms with van der Waals surface area (Å²) < 4.78 is 27.8. The van der Waals surface area contributed by atoms with Crippen LogP contribution in [0.5, 0.6) is 5.88 Å². The molecule has 3 N–H and O–H groups in total. The lowest BCUT2D eigenvalue weighted by molar-refractivity contribution is 0.189. The maximum atomic E-state index is 13.3. The first-order chi connectivity index (χ1) is 11.4. The van der Waals surface area contributed by atoms with Gasteiger partial charge in [-0.3, -0.25) is 0 Å². The Labute approximate surface area is 134 Å². The van der Waals surface area contributed by atoms with Crippen molar-refractivity contribution < 1.29 is 23.8 Å². The molecule has 124 valence electrons. The number of halogens is 2. The molecular weight excluding hydrogens is 322 g/mol. The smallest absolute Gasteiger partial charge is 0.405 e. The van der Waals surface area contributed by atoms with Gasteiger partial charge in [0.1, 0.15) is 11.6 Å². The largest absolute Gasteiger partial charge is 0.493 e. The Hall–Kier alpha value is -3.23. The third kappa shape index (κ3) is 3.24. The number of aromatic hydroxyl groups is 1. The Kier molecular flexibility index (Phi) is 3.98. The van der Waals surface area contributed by atoms with Crippen LogP contribution in [-0.2, 0) is 6.42 Å². The SMILES string of the molecule is O=C(O)NC(Cc1cc(F)cc(F)c1)c1cc(O)n2nccc2n1. The Balaban J connectivity index is 1.99. The van der Waals surface area contributed by atoms with Crippen LogP contribution < -0.4 is 5.32 Å². The number of fused-ring (bicyclic) bond motifs is 1. The molecule has 3 aromatic rings.